The predicted octanol–water partition coefficient (Wildman–Crippen LogP) is 3.38. The van der Waals surface area contributed by atoms with E-state index in [4.69, 9.17) is 16.3 Å². The highest BCUT2D eigenvalue weighted by atomic mass is 35.5. The zero-order valence-electron chi connectivity index (χ0n) is 15.9. The lowest BCUT2D eigenvalue weighted by Crippen LogP contribution is -2.32. The Kier molecular flexibility index (Phi) is 5.96. The van der Waals surface area contributed by atoms with E-state index < -0.39 is 33.5 Å². The summed E-state index contributed by atoms with van der Waals surface area (Å²) >= 11 is 6.02. The summed E-state index contributed by atoms with van der Waals surface area (Å²) < 4.78 is 72.9. The fraction of sp³-hybridized carbons (Fsp3) is 0.167. The first-order chi connectivity index (χ1) is 14.4. The highest BCUT2D eigenvalue weighted by Gasteiger charge is 2.43. The van der Waals surface area contributed by atoms with Gasteiger partial charge in [-0.3, -0.25) is 4.79 Å². The minimum absolute atomic E-state index is 0.158. The second kappa shape index (κ2) is 8.19. The van der Waals surface area contributed by atoms with Crippen LogP contribution >= 0.6 is 11.6 Å². The van der Waals surface area contributed by atoms with E-state index in [-0.39, 0.29) is 21.4 Å². The molecule has 13 heteroatoms. The number of benzene rings is 2. The summed E-state index contributed by atoms with van der Waals surface area (Å²) in [5, 5.41) is 6.47. The maximum atomic E-state index is 13.8. The van der Waals surface area contributed by atoms with E-state index in [1.807, 2.05) is 0 Å². The van der Waals surface area contributed by atoms with Gasteiger partial charge in [0.15, 0.2) is 11.4 Å². The van der Waals surface area contributed by atoms with Crippen molar-refractivity contribution in [2.75, 3.05) is 7.11 Å². The number of amides is 1. The zero-order chi connectivity index (χ0) is 23.0. The summed E-state index contributed by atoms with van der Waals surface area (Å²) in [7, 11) is -3.10. The molecule has 3 rings (SSSR count). The number of aromatic nitrogens is 3. The average Bonchev–Trinajstić information content (AvgIpc) is 3.13. The number of nitrogens with zero attached hydrogens (tertiary/aromatic N) is 3. The van der Waals surface area contributed by atoms with Gasteiger partial charge in [-0.25, -0.2) is 17.8 Å². The molecule has 1 aromatic heterocycles. The number of hydrogen-bond donors (Lipinski definition) is 1. The molecule has 1 heterocycles. The third kappa shape index (κ3) is 4.64. The number of methoxy groups -OCH3 is 1. The highest BCUT2D eigenvalue weighted by molar-refractivity contribution is 7.90. The first kappa shape index (κ1) is 22.6. The van der Waals surface area contributed by atoms with Crippen molar-refractivity contribution < 1.29 is 31.1 Å². The Hall–Kier alpha value is -3.12. The molecule has 0 saturated carbocycles. The smallest absolute Gasteiger partial charge is 0.435 e. The molecule has 0 fully saturated rings. The van der Waals surface area contributed by atoms with Crippen molar-refractivity contribution in [1.29, 1.82) is 0 Å². The van der Waals surface area contributed by atoms with Crippen LogP contribution in [0.4, 0.5) is 13.2 Å². The second-order valence-corrected chi connectivity index (χ2v) is 8.35. The first-order valence-corrected chi connectivity index (χ1v) is 10.3. The van der Waals surface area contributed by atoms with Crippen molar-refractivity contribution in [3.05, 3.63) is 64.4 Å². The molecule has 1 N–H and O–H groups in total. The highest BCUT2D eigenvalue weighted by Crippen LogP contribution is 2.35. The van der Waals surface area contributed by atoms with Crippen molar-refractivity contribution in [3.63, 3.8) is 0 Å². The van der Waals surface area contributed by atoms with E-state index in [1.165, 1.54) is 49.6 Å². The van der Waals surface area contributed by atoms with Crippen molar-refractivity contribution in [3.8, 4) is 11.4 Å². The first-order valence-electron chi connectivity index (χ1n) is 8.44. The predicted molar refractivity (Wildman–Crippen MR) is 104 cm³/mol. The quantitative estimate of drug-likeness (QED) is 0.608. The number of alkyl halides is 3. The number of ether oxygens (including phenoxy) is 1. The van der Waals surface area contributed by atoms with Crippen molar-refractivity contribution in [2.45, 2.75) is 18.0 Å². The van der Waals surface area contributed by atoms with Crippen LogP contribution in [0.1, 0.15) is 21.7 Å². The van der Waals surface area contributed by atoms with Gasteiger partial charge in [-0.15, -0.1) is 5.10 Å². The zero-order valence-corrected chi connectivity index (χ0v) is 17.5. The molecule has 0 saturated heterocycles. The number of nitrogens with one attached hydrogen (secondary N) is 1. The van der Waals surface area contributed by atoms with E-state index in [1.54, 1.807) is 11.6 Å². The van der Waals surface area contributed by atoms with E-state index in [0.29, 0.717) is 4.68 Å². The standard InChI is InChI=1S/C18H14ClF3N4O4S/c1-10-3-6-12(7-4-10)31(28,29)24-17(27)15-16(18(20,21)22)26(25-23-15)14-8-5-11(30-2)9-13(14)19/h3-9H,1-2H3,(H,24,27). The summed E-state index contributed by atoms with van der Waals surface area (Å²) in [4.78, 5) is 12.1. The molecule has 0 unspecified atom stereocenters. The molecular formula is C18H14ClF3N4O4S. The van der Waals surface area contributed by atoms with Gasteiger partial charge in [0.2, 0.25) is 0 Å². The van der Waals surface area contributed by atoms with Gasteiger partial charge < -0.3 is 4.74 Å². The topological polar surface area (TPSA) is 103 Å². The van der Waals surface area contributed by atoms with Gasteiger partial charge >= 0.3 is 6.18 Å². The Morgan fingerprint density at radius 3 is 2.35 bits per heavy atom. The second-order valence-electron chi connectivity index (χ2n) is 6.26. The molecule has 0 radical (unpaired) electrons. The number of rotatable bonds is 5. The Morgan fingerprint density at radius 2 is 1.81 bits per heavy atom. The lowest BCUT2D eigenvalue weighted by molar-refractivity contribution is -0.143. The van der Waals surface area contributed by atoms with Crippen LogP contribution in [0.25, 0.3) is 5.69 Å². The van der Waals surface area contributed by atoms with E-state index >= 15 is 0 Å². The molecule has 0 aliphatic heterocycles. The van der Waals surface area contributed by atoms with Crippen LogP contribution < -0.4 is 9.46 Å². The van der Waals surface area contributed by atoms with E-state index in [9.17, 15) is 26.4 Å². The molecule has 8 nitrogen and oxygen atoms in total. The minimum Gasteiger partial charge on any atom is -0.497 e. The SMILES string of the molecule is COc1ccc(-n2nnc(C(=O)NS(=O)(=O)c3ccc(C)cc3)c2C(F)(F)F)c(Cl)c1. The fourth-order valence-corrected chi connectivity index (χ4v) is 3.79. The number of halogens is 4. The van der Waals surface area contributed by atoms with Crippen LogP contribution in [-0.2, 0) is 16.2 Å². The molecule has 164 valence electrons. The summed E-state index contributed by atoms with van der Waals surface area (Å²) in [6, 6.07) is 9.15. The number of sulfonamides is 1. The fourth-order valence-electron chi connectivity index (χ4n) is 2.59. The maximum Gasteiger partial charge on any atom is 0.435 e. The number of carbonyl (C=O) groups excluding carboxylic acids is 1. The van der Waals surface area contributed by atoms with Gasteiger partial charge in [0.05, 0.1) is 22.7 Å². The van der Waals surface area contributed by atoms with Crippen LogP contribution in [0.3, 0.4) is 0 Å². The maximum absolute atomic E-state index is 13.8. The monoisotopic (exact) mass is 474 g/mol. The van der Waals surface area contributed by atoms with Gasteiger partial charge in [-0.05, 0) is 31.2 Å². The number of carbonyl (C=O) groups is 1. The van der Waals surface area contributed by atoms with Crippen LogP contribution in [0.2, 0.25) is 5.02 Å². The van der Waals surface area contributed by atoms with Gasteiger partial charge in [0, 0.05) is 6.07 Å². The number of aryl methyl sites for hydroxylation is 1. The van der Waals surface area contributed by atoms with Crippen LogP contribution in [0, 0.1) is 6.92 Å². The molecule has 0 atom stereocenters. The number of hydrogen-bond acceptors (Lipinski definition) is 6. The van der Waals surface area contributed by atoms with Crippen molar-refractivity contribution >= 4 is 27.5 Å². The Bertz CT molecular complexity index is 1240. The molecule has 0 spiro atoms. The van der Waals surface area contributed by atoms with Gasteiger partial charge in [-0.1, -0.05) is 34.5 Å². The van der Waals surface area contributed by atoms with E-state index in [0.717, 1.165) is 5.56 Å². The van der Waals surface area contributed by atoms with Crippen molar-refractivity contribution in [1.82, 2.24) is 19.7 Å². The van der Waals surface area contributed by atoms with Crippen LogP contribution in [0.5, 0.6) is 5.75 Å². The lowest BCUT2D eigenvalue weighted by Gasteiger charge is -2.13. The summed E-state index contributed by atoms with van der Waals surface area (Å²) in [6.07, 6.45) is -5.10. The molecule has 2 aromatic carbocycles. The van der Waals surface area contributed by atoms with Crippen molar-refractivity contribution in [2.24, 2.45) is 0 Å². The molecular weight excluding hydrogens is 461 g/mol. The summed E-state index contributed by atoms with van der Waals surface area (Å²) in [5.41, 5.74) is -2.29. The molecule has 0 bridgehead atoms. The molecule has 3 aromatic rings. The normalized spacial score (nSPS) is 11.9. The Balaban J connectivity index is 2.04. The van der Waals surface area contributed by atoms with Crippen LogP contribution in [0.15, 0.2) is 47.4 Å². The summed E-state index contributed by atoms with van der Waals surface area (Å²) in [5.74, 6) is -1.31. The average molecular weight is 475 g/mol. The molecule has 0 aliphatic carbocycles. The van der Waals surface area contributed by atoms with Gasteiger partial charge in [0.25, 0.3) is 15.9 Å². The Morgan fingerprint density at radius 1 is 1.16 bits per heavy atom. The molecule has 1 amide bonds. The third-order valence-corrected chi connectivity index (χ3v) is 5.74. The van der Waals surface area contributed by atoms with Gasteiger partial charge in [0.1, 0.15) is 5.75 Å². The molecule has 0 aliphatic rings. The minimum atomic E-state index is -5.10. The van der Waals surface area contributed by atoms with E-state index in [2.05, 4.69) is 10.3 Å². The van der Waals surface area contributed by atoms with Gasteiger partial charge in [-0.2, -0.15) is 13.2 Å². The van der Waals surface area contributed by atoms with Crippen LogP contribution in [-0.4, -0.2) is 36.4 Å². The summed E-state index contributed by atoms with van der Waals surface area (Å²) in [6.45, 7) is 1.72. The largest absolute Gasteiger partial charge is 0.497 e. The third-order valence-electron chi connectivity index (χ3n) is 4.10. The molecule has 31 heavy (non-hydrogen) atoms. The Labute approximate surface area is 179 Å². The lowest BCUT2D eigenvalue weighted by atomic mass is 10.2.